The Morgan fingerprint density at radius 2 is 1.57 bits per heavy atom. The molecule has 1 saturated heterocycles. The summed E-state index contributed by atoms with van der Waals surface area (Å²) in [5.41, 5.74) is 3.01. The molecule has 3 aliphatic rings. The monoisotopic (exact) mass is 383 g/mol. The molecule has 2 atom stereocenters. The van der Waals surface area contributed by atoms with Crippen molar-refractivity contribution in [3.8, 4) is 0 Å². The number of aryl methyl sites for hydroxylation is 2. The van der Waals surface area contributed by atoms with E-state index in [1.54, 1.807) is 6.07 Å². The third-order valence-electron chi connectivity index (χ3n) is 6.25. The number of esters is 1. The minimum atomic E-state index is -0.716. The van der Waals surface area contributed by atoms with Crippen molar-refractivity contribution in [1.82, 2.24) is 4.90 Å². The normalized spacial score (nSPS) is 23.9. The molecule has 2 aliphatic carbocycles. The Kier molecular flexibility index (Phi) is 5.29. The summed E-state index contributed by atoms with van der Waals surface area (Å²) < 4.78 is 5.08. The molecule has 1 aromatic rings. The van der Waals surface area contributed by atoms with Gasteiger partial charge in [-0.05, 0) is 55.7 Å². The number of hydrogen-bond acceptors (Lipinski definition) is 5. The van der Waals surface area contributed by atoms with Gasteiger partial charge in [-0.3, -0.25) is 24.1 Å². The maximum absolute atomic E-state index is 12.4. The summed E-state index contributed by atoms with van der Waals surface area (Å²) in [7, 11) is 0. The van der Waals surface area contributed by atoms with Gasteiger partial charge in [-0.1, -0.05) is 25.0 Å². The summed E-state index contributed by atoms with van der Waals surface area (Å²) >= 11 is 0. The first kappa shape index (κ1) is 18.8. The Morgan fingerprint density at radius 1 is 0.929 bits per heavy atom. The van der Waals surface area contributed by atoms with Crippen LogP contribution in [0.2, 0.25) is 0 Å². The molecule has 6 heteroatoms. The highest BCUT2D eigenvalue weighted by Crippen LogP contribution is 2.37. The number of likely N-dealkylation sites (tertiary alicyclic amines) is 1. The molecule has 1 aromatic carbocycles. The highest BCUT2D eigenvalue weighted by Gasteiger charge is 2.48. The maximum Gasteiger partial charge on any atom is 0.326 e. The lowest BCUT2D eigenvalue weighted by molar-refractivity contribution is -0.152. The lowest BCUT2D eigenvalue weighted by Crippen LogP contribution is -2.37. The Balaban J connectivity index is 1.32. The van der Waals surface area contributed by atoms with Crippen molar-refractivity contribution in [2.24, 2.45) is 11.8 Å². The Labute approximate surface area is 164 Å². The zero-order valence-electron chi connectivity index (χ0n) is 15.9. The first-order valence-electron chi connectivity index (χ1n) is 10.2. The van der Waals surface area contributed by atoms with E-state index in [0.29, 0.717) is 18.4 Å². The van der Waals surface area contributed by atoms with Crippen molar-refractivity contribution < 1.29 is 23.9 Å². The van der Waals surface area contributed by atoms with E-state index in [1.807, 2.05) is 12.1 Å². The van der Waals surface area contributed by atoms with E-state index in [9.17, 15) is 19.2 Å². The minimum Gasteiger partial charge on any atom is -0.456 e. The molecule has 1 saturated carbocycles. The van der Waals surface area contributed by atoms with E-state index >= 15 is 0 Å². The Hall–Kier alpha value is -2.50. The molecule has 28 heavy (non-hydrogen) atoms. The molecule has 148 valence electrons. The number of carbonyl (C=O) groups is 4. The number of amides is 2. The number of nitrogens with zero attached hydrogens (tertiary/aromatic N) is 1. The van der Waals surface area contributed by atoms with Gasteiger partial charge in [-0.2, -0.15) is 0 Å². The second kappa shape index (κ2) is 7.86. The van der Waals surface area contributed by atoms with E-state index in [4.69, 9.17) is 4.74 Å². The molecule has 1 heterocycles. The molecule has 0 bridgehead atoms. The van der Waals surface area contributed by atoms with E-state index in [2.05, 4.69) is 0 Å². The standard InChI is InChI=1S/C22H25NO5/c24-19(16-10-9-14-5-1-2-6-15(14)11-16)13-28-20(25)12-23-21(26)17-7-3-4-8-18(17)22(23)27/h9-11,17-18H,1-8,12-13H2/t17-,18-/m0/s1. The largest absolute Gasteiger partial charge is 0.456 e. The van der Waals surface area contributed by atoms with Crippen LogP contribution in [0, 0.1) is 11.8 Å². The molecule has 0 radical (unpaired) electrons. The minimum absolute atomic E-state index is 0.269. The number of ether oxygens (including phenoxy) is 1. The van der Waals surface area contributed by atoms with Gasteiger partial charge >= 0.3 is 5.97 Å². The zero-order valence-corrected chi connectivity index (χ0v) is 15.9. The average Bonchev–Trinajstić information content (AvgIpc) is 2.97. The van der Waals surface area contributed by atoms with Crippen molar-refractivity contribution in [2.45, 2.75) is 51.4 Å². The fraction of sp³-hybridized carbons (Fsp3) is 0.545. The first-order valence-corrected chi connectivity index (χ1v) is 10.2. The fourth-order valence-electron chi connectivity index (χ4n) is 4.70. The molecular weight excluding hydrogens is 358 g/mol. The van der Waals surface area contributed by atoms with E-state index in [1.165, 1.54) is 17.5 Å². The SMILES string of the molecule is O=C(CN1C(=O)[C@H]2CCCC[C@@H]2C1=O)OCC(=O)c1ccc2c(c1)CCCC2. The predicted octanol–water partition coefficient (Wildman–Crippen LogP) is 2.47. The highest BCUT2D eigenvalue weighted by molar-refractivity contribution is 6.07. The van der Waals surface area contributed by atoms with Crippen molar-refractivity contribution in [1.29, 1.82) is 0 Å². The predicted molar refractivity (Wildman–Crippen MR) is 101 cm³/mol. The molecular formula is C22H25NO5. The van der Waals surface area contributed by atoms with Gasteiger partial charge in [0.2, 0.25) is 11.8 Å². The summed E-state index contributed by atoms with van der Waals surface area (Å²) in [6.07, 6.45) is 7.60. The summed E-state index contributed by atoms with van der Waals surface area (Å²) in [5.74, 6) is -2.10. The van der Waals surface area contributed by atoms with Gasteiger partial charge in [0.15, 0.2) is 12.4 Å². The zero-order chi connectivity index (χ0) is 19.7. The first-order chi connectivity index (χ1) is 13.5. The van der Waals surface area contributed by atoms with Crippen molar-refractivity contribution in [3.05, 3.63) is 34.9 Å². The number of ketones is 1. The van der Waals surface area contributed by atoms with Crippen LogP contribution in [0.3, 0.4) is 0 Å². The van der Waals surface area contributed by atoms with Crippen LogP contribution in [0.1, 0.15) is 60.0 Å². The number of hydrogen-bond donors (Lipinski definition) is 0. The van der Waals surface area contributed by atoms with Crippen molar-refractivity contribution >= 4 is 23.6 Å². The summed E-state index contributed by atoms with van der Waals surface area (Å²) in [6.45, 7) is -0.775. The van der Waals surface area contributed by atoms with Crippen molar-refractivity contribution in [2.75, 3.05) is 13.2 Å². The molecule has 4 rings (SSSR count). The fourth-order valence-corrected chi connectivity index (χ4v) is 4.70. The quantitative estimate of drug-likeness (QED) is 0.443. The molecule has 6 nitrogen and oxygen atoms in total. The van der Waals surface area contributed by atoms with E-state index in [0.717, 1.165) is 37.0 Å². The molecule has 2 fully saturated rings. The van der Waals surface area contributed by atoms with Crippen LogP contribution in [0.25, 0.3) is 0 Å². The Bertz CT molecular complexity index is 806. The van der Waals surface area contributed by atoms with Gasteiger partial charge in [0.25, 0.3) is 0 Å². The number of rotatable bonds is 5. The van der Waals surface area contributed by atoms with Gasteiger partial charge in [-0.15, -0.1) is 0 Å². The Morgan fingerprint density at radius 3 is 2.25 bits per heavy atom. The van der Waals surface area contributed by atoms with Gasteiger partial charge in [-0.25, -0.2) is 0 Å². The van der Waals surface area contributed by atoms with Crippen LogP contribution >= 0.6 is 0 Å². The maximum atomic E-state index is 12.4. The van der Waals surface area contributed by atoms with Gasteiger partial charge in [0.1, 0.15) is 6.54 Å². The van der Waals surface area contributed by atoms with Gasteiger partial charge in [0, 0.05) is 5.56 Å². The molecule has 0 aromatic heterocycles. The summed E-state index contributed by atoms with van der Waals surface area (Å²) in [4.78, 5) is 50.4. The van der Waals surface area contributed by atoms with E-state index < -0.39 is 12.5 Å². The van der Waals surface area contributed by atoms with Gasteiger partial charge in [0.05, 0.1) is 11.8 Å². The van der Waals surface area contributed by atoms with Crippen molar-refractivity contribution in [3.63, 3.8) is 0 Å². The third kappa shape index (κ3) is 3.60. The average molecular weight is 383 g/mol. The number of imide groups is 1. The second-order valence-electron chi connectivity index (χ2n) is 8.03. The summed E-state index contributed by atoms with van der Waals surface area (Å²) in [5, 5.41) is 0. The smallest absolute Gasteiger partial charge is 0.326 e. The van der Waals surface area contributed by atoms with Crippen LogP contribution < -0.4 is 0 Å². The van der Waals surface area contributed by atoms with Gasteiger partial charge < -0.3 is 4.74 Å². The molecule has 0 spiro atoms. The topological polar surface area (TPSA) is 80.8 Å². The molecule has 0 N–H and O–H groups in total. The lowest BCUT2D eigenvalue weighted by Gasteiger charge is -2.19. The molecule has 2 amide bonds. The van der Waals surface area contributed by atoms with Crippen LogP contribution in [-0.4, -0.2) is 41.6 Å². The number of fused-ring (bicyclic) bond motifs is 2. The number of benzene rings is 1. The van der Waals surface area contributed by atoms with Crippen LogP contribution in [0.15, 0.2) is 18.2 Å². The molecule has 1 aliphatic heterocycles. The third-order valence-corrected chi connectivity index (χ3v) is 6.25. The number of Topliss-reactive ketones (excluding diaryl/α,β-unsaturated/α-hetero) is 1. The molecule has 0 unspecified atom stereocenters. The number of carbonyl (C=O) groups excluding carboxylic acids is 4. The van der Waals surface area contributed by atoms with Crippen LogP contribution in [0.4, 0.5) is 0 Å². The second-order valence-corrected chi connectivity index (χ2v) is 8.03. The summed E-state index contributed by atoms with van der Waals surface area (Å²) in [6, 6.07) is 5.65. The van der Waals surface area contributed by atoms with E-state index in [-0.39, 0.29) is 36.0 Å². The lowest BCUT2D eigenvalue weighted by atomic mass is 9.81. The van der Waals surface area contributed by atoms with Crippen LogP contribution in [0.5, 0.6) is 0 Å². The highest BCUT2D eigenvalue weighted by atomic mass is 16.5. The van der Waals surface area contributed by atoms with Crippen LogP contribution in [-0.2, 0) is 32.0 Å².